The van der Waals surface area contributed by atoms with Crippen molar-refractivity contribution in [2.75, 3.05) is 124 Å². The van der Waals surface area contributed by atoms with Crippen molar-refractivity contribution in [1.29, 1.82) is 0 Å². The van der Waals surface area contributed by atoms with Gasteiger partial charge in [0.1, 0.15) is 57.6 Å². The van der Waals surface area contributed by atoms with Crippen LogP contribution in [0.15, 0.2) is 124 Å². The number of aliphatic hydroxyl groups is 1. The number of amides is 3. The number of H-pyrrole nitrogens is 1. The fourth-order valence-electron chi connectivity index (χ4n) is 15.0. The zero-order valence-electron chi connectivity index (χ0n) is 74.5. The maximum absolute atomic E-state index is 13.6. The van der Waals surface area contributed by atoms with Crippen LogP contribution in [0.5, 0.6) is 11.5 Å². The number of nitrogens with zero attached hydrogens (tertiary/aromatic N) is 3. The minimum Gasteiger partial charge on any atom is -0.508 e. The average molecular weight is 2150 g/mol. The number of ether oxygens (including phenoxy) is 7. The number of aliphatic hydroxyl groups excluding tert-OH is 1. The molecular weight excluding hydrogens is 2050 g/mol. The van der Waals surface area contributed by atoms with Crippen LogP contribution in [0.1, 0.15) is 129 Å². The fourth-order valence-corrected chi connectivity index (χ4v) is 18.8. The number of fused-ring (bicyclic) bond motifs is 4. The number of halogens is 6. The number of carboxylic acid groups (broad SMARTS) is 2. The van der Waals surface area contributed by atoms with Crippen molar-refractivity contribution < 1.29 is 147 Å². The Kier molecular flexibility index (Phi) is 39.4. The first-order valence-corrected chi connectivity index (χ1v) is 50.2. The third-order valence-corrected chi connectivity index (χ3v) is 26.8. The Balaban J connectivity index is 0.547. The second kappa shape index (κ2) is 50.5. The van der Waals surface area contributed by atoms with E-state index in [4.69, 9.17) is 144 Å². The molecule has 0 bridgehead atoms. The molecule has 9 atom stereocenters. The van der Waals surface area contributed by atoms with Crippen LogP contribution in [0.25, 0.3) is 72.9 Å². The summed E-state index contributed by atoms with van der Waals surface area (Å²) in [6.07, 6.45) is 1.82. The number of aryl methyl sites for hydroxylation is 1. The molecule has 44 nitrogen and oxygen atoms in total. The molecule has 6 aliphatic rings. The smallest absolute Gasteiger partial charge is 0.472 e. The molecule has 6 aromatic rings. The molecule has 12 rings (SSSR count). The number of aromatic amines is 1. The SMILES string of the molecule is Cc1cn(C2CC(O)C(COP(=O)(O)OCCOCCOCCO[C@@H]3C[C@H](n4cc(C=CC(=O)NCCCCCCNC(=O)c5ccc(-c6c7ccc(=O)cc-7oc7cc(O)ccc67)c(C(=O)O)c5)c(=O)[nH]c4=O)O[C@@H]3COP(=O)(O)OCCOCCOCCOP(=O)(O)OCCCCCCNC(=O)c3c(Cl)cc(-c4c5cc(Cl)c(=O)c(Cl)c-5oc5c(Cl)c(O)c(Cl)cc45)c(C(=O)O)c3Cl)O2)c(=O)nc1N. The Morgan fingerprint density at radius 1 is 0.553 bits per heavy atom. The summed E-state index contributed by atoms with van der Waals surface area (Å²) < 4.78 is 123. The van der Waals surface area contributed by atoms with Gasteiger partial charge in [-0.05, 0) is 98.8 Å². The van der Waals surface area contributed by atoms with Crippen LogP contribution in [0.3, 0.4) is 0 Å². The number of carbonyl (C=O) groups excluding carboxylic acids is 3. The number of hydrogen-bond acceptors (Lipinski definition) is 33. The zero-order valence-corrected chi connectivity index (χ0v) is 81.8. The second-order valence-electron chi connectivity index (χ2n) is 31.6. The normalized spacial score (nSPS) is 17.4. The van der Waals surface area contributed by atoms with Crippen molar-refractivity contribution in [3.05, 3.63) is 207 Å². The number of benzene rings is 6. The lowest BCUT2D eigenvalue weighted by atomic mass is 9.89. The number of nitrogens with one attached hydrogen (secondary N) is 4. The number of carboxylic acids is 2. The number of unbranched alkanes of at least 4 members (excludes halogenated alkanes) is 6. The van der Waals surface area contributed by atoms with Crippen molar-refractivity contribution in [2.24, 2.45) is 0 Å². The highest BCUT2D eigenvalue weighted by Gasteiger charge is 2.42. The Hall–Kier alpha value is -9.94. The van der Waals surface area contributed by atoms with Gasteiger partial charge in [0.15, 0.2) is 22.5 Å². The van der Waals surface area contributed by atoms with Gasteiger partial charge in [0, 0.05) is 113 Å². The second-order valence-corrected chi connectivity index (χ2v) is 38.3. The third-order valence-electron chi connectivity index (χ3n) is 21.9. The number of carbonyl (C=O) groups is 5. The van der Waals surface area contributed by atoms with Gasteiger partial charge in [-0.2, -0.15) is 4.98 Å². The molecule has 53 heteroatoms. The number of rotatable bonds is 53. The van der Waals surface area contributed by atoms with Crippen LogP contribution in [0.2, 0.25) is 30.1 Å². The van der Waals surface area contributed by atoms with E-state index in [1.807, 2.05) is 0 Å². The van der Waals surface area contributed by atoms with Gasteiger partial charge in [-0.1, -0.05) is 101 Å². The molecule has 4 aromatic carbocycles. The first kappa shape index (κ1) is 110. The summed E-state index contributed by atoms with van der Waals surface area (Å²) >= 11 is 38.7. The number of phenolic OH excluding ortho intramolecular Hbond substituents is 2. The molecule has 2 fully saturated rings. The lowest BCUT2D eigenvalue weighted by Gasteiger charge is -2.21. The van der Waals surface area contributed by atoms with Gasteiger partial charge in [-0.3, -0.25) is 70.0 Å². The summed E-state index contributed by atoms with van der Waals surface area (Å²) in [5.41, 5.74) is 2.00. The highest BCUT2D eigenvalue weighted by Crippen LogP contribution is 2.53. The maximum Gasteiger partial charge on any atom is 0.472 e. The van der Waals surface area contributed by atoms with Gasteiger partial charge >= 0.3 is 46.8 Å². The van der Waals surface area contributed by atoms with Crippen molar-refractivity contribution >= 4 is 157 Å². The molecule has 3 amide bonds. The van der Waals surface area contributed by atoms with E-state index in [9.17, 15) is 102 Å². The van der Waals surface area contributed by atoms with Crippen LogP contribution >= 0.6 is 93.1 Å². The number of nitrogens with two attached hydrogens (primary N) is 1. The molecule has 141 heavy (non-hydrogen) atoms. The summed E-state index contributed by atoms with van der Waals surface area (Å²) in [5.74, 6) is -5.71. The Bertz CT molecular complexity index is 6700. The Labute approximate surface area is 829 Å². The highest BCUT2D eigenvalue weighted by atomic mass is 35.5. The van der Waals surface area contributed by atoms with E-state index in [-0.39, 0.29) is 211 Å². The van der Waals surface area contributed by atoms with E-state index in [2.05, 4.69) is 25.9 Å². The first-order valence-electron chi connectivity index (χ1n) is 43.5. The van der Waals surface area contributed by atoms with E-state index in [0.717, 1.165) is 27.5 Å². The van der Waals surface area contributed by atoms with Crippen LogP contribution in [-0.4, -0.2) is 232 Å². The lowest BCUT2D eigenvalue weighted by molar-refractivity contribution is -0.116. The molecule has 0 spiro atoms. The number of phenols is 2. The Morgan fingerprint density at radius 3 is 1.77 bits per heavy atom. The van der Waals surface area contributed by atoms with Gasteiger partial charge < -0.3 is 104 Å². The van der Waals surface area contributed by atoms with E-state index in [1.54, 1.807) is 13.0 Å². The standard InChI is InChI=1S/C88H95Cl6N8O36P3/c1-46-42-101(87(116)99-81(46)95)68-40-61(105)65(136-68)44-133-140(120,121)131-32-28-125-23-22-124-26-30-128-64-41-69(102-43-48(83(110)100-88(102)117)11-17-67(106)96-18-6-2-3-7-19-97-82(109)47-10-14-51(54(34-47)85(112)113)70-52-15-12-49(103)35-62(52)135-63-36-50(104)13-16-53(63)70)137-66(64)45-134-141(122,123)132-33-29-127-25-24-126-27-31-130-139(118,119)129-21-9-5-4-8-20-98-84(111)73-58(89)37-55(72(74(73)92)86(114)115)71-56-38-59(90)77(107)75(93)79(56)138-80-57(71)39-60(91)78(108)76(80)94/h10-17,34-39,42-43,61,64-66,68-69,103,105,107H,2-9,18-33,40-41,44-45H2,1H3,(H,96,106)(H,97,109)(H,98,111)(H,112,113)(H,114,115)(H,118,119)(H,120,121)(H,122,123)(H2,95,99,116)(H,100,110,117)/t61?,64-,65?,66-,68?,69-/m1/s1. The number of nitrogen functional groups attached to an aromatic ring is 1. The van der Waals surface area contributed by atoms with Gasteiger partial charge in [-0.25, -0.2) is 32.9 Å². The monoisotopic (exact) mass is 2140 g/mol. The number of anilines is 1. The third kappa shape index (κ3) is 29.2. The predicted octanol–water partition coefficient (Wildman–Crippen LogP) is 12.1. The van der Waals surface area contributed by atoms with E-state index in [1.165, 1.54) is 72.9 Å². The lowest BCUT2D eigenvalue weighted by Crippen LogP contribution is -2.33. The Morgan fingerprint density at radius 2 is 1.12 bits per heavy atom. The highest BCUT2D eigenvalue weighted by molar-refractivity contribution is 7.47. The maximum atomic E-state index is 13.6. The van der Waals surface area contributed by atoms with Gasteiger partial charge in [0.25, 0.3) is 17.4 Å². The summed E-state index contributed by atoms with van der Waals surface area (Å²) in [6, 6.07) is 16.2. The molecule has 0 radical (unpaired) electrons. The molecule has 6 heterocycles. The van der Waals surface area contributed by atoms with E-state index < -0.39 is 171 Å². The quantitative estimate of drug-likeness (QED) is 0.00729. The number of aromatic hydroxyl groups is 2. The molecule has 760 valence electrons. The van der Waals surface area contributed by atoms with Crippen molar-refractivity contribution in [3.63, 3.8) is 0 Å². The van der Waals surface area contributed by atoms with Crippen molar-refractivity contribution in [3.8, 4) is 56.4 Å². The van der Waals surface area contributed by atoms with Gasteiger partial charge in [0.2, 0.25) is 11.3 Å². The summed E-state index contributed by atoms with van der Waals surface area (Å²) in [4.78, 5) is 167. The molecule has 0 saturated carbocycles. The molecule has 14 N–H and O–H groups in total. The number of aromatic nitrogens is 4. The molecular formula is C88H95Cl6N8O36P3. The number of aromatic carboxylic acids is 2. The molecule has 4 aliphatic heterocycles. The zero-order chi connectivity index (χ0) is 102. The van der Waals surface area contributed by atoms with E-state index >= 15 is 0 Å². The molecule has 2 aromatic heterocycles. The minimum atomic E-state index is -4.89. The number of phosphoric ester groups is 3. The molecule has 6 unspecified atom stereocenters. The van der Waals surface area contributed by atoms with Crippen LogP contribution in [-0.2, 0) is 78.8 Å². The molecule has 2 saturated heterocycles. The topological polar surface area (TPSA) is 631 Å². The number of hydrogen-bond donors (Lipinski definition) is 13. The summed E-state index contributed by atoms with van der Waals surface area (Å²) in [6.45, 7) is -1.68. The van der Waals surface area contributed by atoms with Crippen LogP contribution in [0.4, 0.5) is 5.82 Å². The predicted molar refractivity (Wildman–Crippen MR) is 510 cm³/mol. The first-order chi connectivity index (χ1) is 67.2. The van der Waals surface area contributed by atoms with Crippen molar-refractivity contribution in [2.45, 2.75) is 108 Å². The summed E-state index contributed by atoms with van der Waals surface area (Å²) in [5, 5.41) is 58.4. The molecule has 2 aliphatic carbocycles. The minimum absolute atomic E-state index is 0.00604. The number of phosphoric acid groups is 3. The van der Waals surface area contributed by atoms with Gasteiger partial charge in [-0.15, -0.1) is 0 Å². The van der Waals surface area contributed by atoms with Gasteiger partial charge in [0.05, 0.1) is 154 Å². The summed E-state index contributed by atoms with van der Waals surface area (Å²) in [7, 11) is -14.1. The van der Waals surface area contributed by atoms with Crippen molar-refractivity contribution in [1.82, 2.24) is 35.1 Å². The van der Waals surface area contributed by atoms with Crippen LogP contribution < -0.4 is 49.5 Å². The largest absolute Gasteiger partial charge is 0.508 e. The van der Waals surface area contributed by atoms with E-state index in [0.29, 0.717) is 67.0 Å². The van der Waals surface area contributed by atoms with Crippen LogP contribution in [0, 0.1) is 6.92 Å². The average Bonchev–Trinajstić information content (AvgIpc) is 1.39. The fraction of sp³-hybridized carbons (Fsp3) is 0.398.